The molecule has 0 atom stereocenters. The first kappa shape index (κ1) is 12.9. The zero-order chi connectivity index (χ0) is 14.0. The lowest BCUT2D eigenvalue weighted by atomic mass is 10.1. The Balaban J connectivity index is 2.23. The summed E-state index contributed by atoms with van der Waals surface area (Å²) in [6.45, 7) is 1.79. The molecule has 0 aromatic heterocycles. The van der Waals surface area contributed by atoms with Crippen molar-refractivity contribution < 1.29 is 19.4 Å². The highest BCUT2D eigenvalue weighted by Crippen LogP contribution is 2.22. The number of phenolic OH excluding ortho intramolecular Hbond substituents is 2. The van der Waals surface area contributed by atoms with Gasteiger partial charge in [0.25, 0.3) is 5.91 Å². The number of benzene rings is 2. The van der Waals surface area contributed by atoms with Crippen molar-refractivity contribution in [3.8, 4) is 11.5 Å². The fraction of sp³-hybridized carbons (Fsp3) is 0.0714. The van der Waals surface area contributed by atoms with Gasteiger partial charge in [-0.15, -0.1) is 0 Å². The number of aryl methyl sites for hydroxylation is 1. The van der Waals surface area contributed by atoms with Gasteiger partial charge in [0.2, 0.25) is 0 Å². The highest BCUT2D eigenvalue weighted by atomic mass is 19.1. The lowest BCUT2D eigenvalue weighted by Crippen LogP contribution is -2.12. The highest BCUT2D eigenvalue weighted by molar-refractivity contribution is 6.06. The minimum Gasteiger partial charge on any atom is -0.507 e. The van der Waals surface area contributed by atoms with Crippen molar-refractivity contribution in [1.29, 1.82) is 0 Å². The molecule has 0 heterocycles. The van der Waals surface area contributed by atoms with E-state index < -0.39 is 17.5 Å². The van der Waals surface area contributed by atoms with Crippen LogP contribution in [0.4, 0.5) is 10.1 Å². The van der Waals surface area contributed by atoms with Crippen molar-refractivity contribution in [2.24, 2.45) is 0 Å². The van der Waals surface area contributed by atoms with Gasteiger partial charge in [0, 0.05) is 11.8 Å². The second kappa shape index (κ2) is 4.97. The maximum absolute atomic E-state index is 13.1. The summed E-state index contributed by atoms with van der Waals surface area (Å²) in [6.07, 6.45) is 0. The Kier molecular flexibility index (Phi) is 3.37. The van der Waals surface area contributed by atoms with E-state index in [1.807, 2.05) is 0 Å². The maximum Gasteiger partial charge on any atom is 0.259 e. The smallest absolute Gasteiger partial charge is 0.259 e. The van der Waals surface area contributed by atoms with E-state index in [4.69, 9.17) is 5.11 Å². The van der Waals surface area contributed by atoms with E-state index >= 15 is 0 Å². The number of nitrogens with one attached hydrogen (secondary N) is 1. The van der Waals surface area contributed by atoms with E-state index in [2.05, 4.69) is 5.32 Å². The highest BCUT2D eigenvalue weighted by Gasteiger charge is 2.12. The Morgan fingerprint density at radius 2 is 1.84 bits per heavy atom. The Labute approximate surface area is 109 Å². The number of amides is 1. The second-order valence-electron chi connectivity index (χ2n) is 4.14. The average molecular weight is 261 g/mol. The first-order valence-corrected chi connectivity index (χ1v) is 5.57. The van der Waals surface area contributed by atoms with Gasteiger partial charge in [-0.25, -0.2) is 4.39 Å². The van der Waals surface area contributed by atoms with Gasteiger partial charge in [0.1, 0.15) is 5.75 Å². The summed E-state index contributed by atoms with van der Waals surface area (Å²) in [4.78, 5) is 11.9. The molecule has 0 unspecified atom stereocenters. The summed E-state index contributed by atoms with van der Waals surface area (Å²) in [5, 5.41) is 21.1. The van der Waals surface area contributed by atoms with Crippen LogP contribution in [0.25, 0.3) is 0 Å². The lowest BCUT2D eigenvalue weighted by molar-refractivity contribution is 0.102. The summed E-state index contributed by atoms with van der Waals surface area (Å²) in [7, 11) is 0. The second-order valence-corrected chi connectivity index (χ2v) is 4.14. The summed E-state index contributed by atoms with van der Waals surface area (Å²) in [5.41, 5.74) is 1.11. The van der Waals surface area contributed by atoms with E-state index in [1.165, 1.54) is 18.2 Å². The summed E-state index contributed by atoms with van der Waals surface area (Å²) in [6, 6.07) is 8.13. The normalized spacial score (nSPS) is 10.2. The third-order valence-corrected chi connectivity index (χ3v) is 2.60. The molecule has 2 aromatic carbocycles. The molecule has 2 rings (SSSR count). The number of rotatable bonds is 2. The Hall–Kier alpha value is -2.56. The van der Waals surface area contributed by atoms with Gasteiger partial charge in [-0.2, -0.15) is 0 Å². The van der Waals surface area contributed by atoms with Crippen LogP contribution in [0, 0.1) is 12.7 Å². The van der Waals surface area contributed by atoms with E-state index in [-0.39, 0.29) is 17.0 Å². The lowest BCUT2D eigenvalue weighted by Gasteiger charge is -2.08. The molecule has 0 radical (unpaired) electrons. The molecule has 0 fully saturated rings. The molecule has 2 aromatic rings. The molecular formula is C14H12FNO3. The monoisotopic (exact) mass is 261 g/mol. The largest absolute Gasteiger partial charge is 0.507 e. The number of aromatic hydroxyl groups is 2. The van der Waals surface area contributed by atoms with Crippen LogP contribution in [0.15, 0.2) is 36.4 Å². The third-order valence-electron chi connectivity index (χ3n) is 2.60. The predicted molar refractivity (Wildman–Crippen MR) is 68.9 cm³/mol. The number of anilines is 1. The van der Waals surface area contributed by atoms with Crippen molar-refractivity contribution in [1.82, 2.24) is 0 Å². The summed E-state index contributed by atoms with van der Waals surface area (Å²) in [5.74, 6) is -2.01. The van der Waals surface area contributed by atoms with Crippen LogP contribution >= 0.6 is 0 Å². The number of phenols is 2. The first-order valence-electron chi connectivity index (χ1n) is 5.57. The van der Waals surface area contributed by atoms with Gasteiger partial charge >= 0.3 is 0 Å². The molecule has 98 valence electrons. The van der Waals surface area contributed by atoms with Gasteiger partial charge in [-0.1, -0.05) is 6.07 Å². The standard InChI is InChI=1S/C14H12FNO3/c1-8-2-4-10(13(18)6-8)14(19)16-9-3-5-12(17)11(15)7-9/h2-7,17-18H,1H3,(H,16,19). The minimum absolute atomic E-state index is 0.0964. The van der Waals surface area contributed by atoms with E-state index in [0.29, 0.717) is 0 Å². The van der Waals surface area contributed by atoms with Crippen LogP contribution < -0.4 is 5.32 Å². The van der Waals surface area contributed by atoms with Crippen molar-refractivity contribution in [3.05, 3.63) is 53.3 Å². The van der Waals surface area contributed by atoms with Crippen molar-refractivity contribution in [2.45, 2.75) is 6.92 Å². The molecule has 0 bridgehead atoms. The van der Waals surface area contributed by atoms with Crippen LogP contribution in [0.1, 0.15) is 15.9 Å². The molecule has 19 heavy (non-hydrogen) atoms. The Morgan fingerprint density at radius 1 is 1.11 bits per heavy atom. The SMILES string of the molecule is Cc1ccc(C(=O)Nc2ccc(O)c(F)c2)c(O)c1. The van der Waals surface area contributed by atoms with Gasteiger partial charge in [-0.05, 0) is 36.8 Å². The fourth-order valence-electron chi connectivity index (χ4n) is 1.62. The first-order chi connectivity index (χ1) is 8.97. The molecule has 1 amide bonds. The summed E-state index contributed by atoms with van der Waals surface area (Å²) < 4.78 is 13.1. The summed E-state index contributed by atoms with van der Waals surface area (Å²) >= 11 is 0. The maximum atomic E-state index is 13.1. The van der Waals surface area contributed by atoms with Crippen LogP contribution in [0.2, 0.25) is 0 Å². The van der Waals surface area contributed by atoms with Crippen molar-refractivity contribution in [2.75, 3.05) is 5.32 Å². The zero-order valence-corrected chi connectivity index (χ0v) is 10.1. The fourth-order valence-corrected chi connectivity index (χ4v) is 1.62. The average Bonchev–Trinajstić information content (AvgIpc) is 2.33. The molecule has 0 aliphatic rings. The number of hydrogen-bond donors (Lipinski definition) is 3. The topological polar surface area (TPSA) is 69.6 Å². The van der Waals surface area contributed by atoms with Crippen molar-refractivity contribution >= 4 is 11.6 Å². The molecule has 0 aliphatic heterocycles. The molecule has 4 nitrogen and oxygen atoms in total. The van der Waals surface area contributed by atoms with Crippen LogP contribution in [-0.2, 0) is 0 Å². The molecule has 0 saturated heterocycles. The third kappa shape index (κ3) is 2.82. The molecule has 0 spiro atoms. The Morgan fingerprint density at radius 3 is 2.47 bits per heavy atom. The quantitative estimate of drug-likeness (QED) is 0.728. The van der Waals surface area contributed by atoms with Crippen molar-refractivity contribution in [3.63, 3.8) is 0 Å². The molecule has 0 saturated carbocycles. The number of halogens is 1. The predicted octanol–water partition coefficient (Wildman–Crippen LogP) is 2.80. The van der Waals surface area contributed by atoms with Gasteiger partial charge < -0.3 is 15.5 Å². The molecular weight excluding hydrogens is 249 g/mol. The number of hydrogen-bond acceptors (Lipinski definition) is 3. The van der Waals surface area contributed by atoms with Crippen LogP contribution in [-0.4, -0.2) is 16.1 Å². The molecule has 3 N–H and O–H groups in total. The van der Waals surface area contributed by atoms with Gasteiger partial charge in [0.05, 0.1) is 5.56 Å². The van der Waals surface area contributed by atoms with E-state index in [9.17, 15) is 14.3 Å². The van der Waals surface area contributed by atoms with Crippen LogP contribution in [0.3, 0.4) is 0 Å². The van der Waals surface area contributed by atoms with E-state index in [0.717, 1.165) is 17.7 Å². The Bertz CT molecular complexity index is 641. The molecule has 0 aliphatic carbocycles. The number of carbonyl (C=O) groups excluding carboxylic acids is 1. The van der Waals surface area contributed by atoms with Gasteiger partial charge in [-0.3, -0.25) is 4.79 Å². The minimum atomic E-state index is -0.828. The van der Waals surface area contributed by atoms with Crippen LogP contribution in [0.5, 0.6) is 11.5 Å². The zero-order valence-electron chi connectivity index (χ0n) is 10.1. The van der Waals surface area contributed by atoms with Gasteiger partial charge in [0.15, 0.2) is 11.6 Å². The molecule has 5 heteroatoms. The number of carbonyl (C=O) groups is 1. The van der Waals surface area contributed by atoms with E-state index in [1.54, 1.807) is 13.0 Å².